The Hall–Kier alpha value is -3.10. The van der Waals surface area contributed by atoms with Crippen LogP contribution in [0.1, 0.15) is 5.56 Å². The highest BCUT2D eigenvalue weighted by molar-refractivity contribution is 7.99. The van der Waals surface area contributed by atoms with Crippen molar-refractivity contribution in [2.24, 2.45) is 7.05 Å². The quantitative estimate of drug-likeness (QED) is 0.184. The molecule has 0 saturated carbocycles. The monoisotopic (exact) mass is 537 g/mol. The van der Waals surface area contributed by atoms with Gasteiger partial charge in [-0.1, -0.05) is 53.2 Å². The first-order valence-electron chi connectivity index (χ1n) is 10.5. The van der Waals surface area contributed by atoms with Crippen molar-refractivity contribution in [3.8, 4) is 0 Å². The molecule has 5 nitrogen and oxygen atoms in total. The molecule has 2 heterocycles. The van der Waals surface area contributed by atoms with Crippen molar-refractivity contribution in [1.82, 2.24) is 9.88 Å². The summed E-state index contributed by atoms with van der Waals surface area (Å²) in [6.45, 7) is 0. The molecule has 3 aromatic carbocycles. The number of carbonyl (C=O) groups is 2. The number of amides is 2. The standard InChI is InChI=1S/C26H17Cl2N3O2S2/c1-30-22-5-3-2-4-19(22)20(25(30)35-18-12-8-16(28)9-13-18)14-21-23(32)29-26(34)31(24(21)33)17-10-6-15(27)7-11-17/h2-14H,1H3,(H,29,32,34)/b21-14+. The fourth-order valence-electron chi connectivity index (χ4n) is 3.90. The van der Waals surface area contributed by atoms with Crippen LogP contribution in [0.5, 0.6) is 0 Å². The van der Waals surface area contributed by atoms with Gasteiger partial charge in [0.2, 0.25) is 0 Å². The number of rotatable bonds is 4. The largest absolute Gasteiger partial charge is 0.338 e. The van der Waals surface area contributed by atoms with E-state index in [1.807, 2.05) is 60.1 Å². The summed E-state index contributed by atoms with van der Waals surface area (Å²) in [5.74, 6) is -1.04. The van der Waals surface area contributed by atoms with Crippen molar-refractivity contribution in [3.63, 3.8) is 0 Å². The van der Waals surface area contributed by atoms with Gasteiger partial charge in [-0.25, -0.2) is 0 Å². The van der Waals surface area contributed by atoms with Crippen LogP contribution in [0, 0.1) is 0 Å². The van der Waals surface area contributed by atoms with Gasteiger partial charge < -0.3 is 4.57 Å². The van der Waals surface area contributed by atoms with E-state index in [9.17, 15) is 9.59 Å². The summed E-state index contributed by atoms with van der Waals surface area (Å²) in [6, 6.07) is 22.1. The molecule has 0 unspecified atom stereocenters. The molecule has 5 rings (SSSR count). The number of aryl methyl sites for hydroxylation is 1. The van der Waals surface area contributed by atoms with Gasteiger partial charge in [-0.2, -0.15) is 0 Å². The number of halogens is 2. The van der Waals surface area contributed by atoms with Gasteiger partial charge >= 0.3 is 0 Å². The molecule has 1 saturated heterocycles. The lowest BCUT2D eigenvalue weighted by Crippen LogP contribution is -2.54. The first-order chi connectivity index (χ1) is 16.8. The van der Waals surface area contributed by atoms with Crippen LogP contribution in [0.4, 0.5) is 5.69 Å². The molecule has 1 N–H and O–H groups in total. The molecule has 1 fully saturated rings. The number of nitrogens with zero attached hydrogens (tertiary/aromatic N) is 2. The Balaban J connectivity index is 1.64. The van der Waals surface area contributed by atoms with Gasteiger partial charge in [0.1, 0.15) is 5.57 Å². The predicted octanol–water partition coefficient (Wildman–Crippen LogP) is 6.47. The minimum Gasteiger partial charge on any atom is -0.338 e. The molecule has 35 heavy (non-hydrogen) atoms. The van der Waals surface area contributed by atoms with Crippen LogP contribution in [0.25, 0.3) is 17.0 Å². The molecule has 1 aromatic heterocycles. The number of hydrogen-bond donors (Lipinski definition) is 1. The topological polar surface area (TPSA) is 54.3 Å². The van der Waals surface area contributed by atoms with Crippen LogP contribution < -0.4 is 10.2 Å². The van der Waals surface area contributed by atoms with E-state index in [0.717, 1.165) is 26.4 Å². The second-order valence-corrected chi connectivity index (χ2v) is 10.1. The van der Waals surface area contributed by atoms with Crippen LogP contribution >= 0.6 is 47.2 Å². The molecule has 1 aliphatic heterocycles. The number of nitrogens with one attached hydrogen (secondary N) is 1. The van der Waals surface area contributed by atoms with Gasteiger partial charge in [0, 0.05) is 38.5 Å². The van der Waals surface area contributed by atoms with Crippen LogP contribution in [0.2, 0.25) is 10.0 Å². The first kappa shape index (κ1) is 23.6. The van der Waals surface area contributed by atoms with E-state index in [0.29, 0.717) is 15.7 Å². The highest BCUT2D eigenvalue weighted by atomic mass is 35.5. The highest BCUT2D eigenvalue weighted by Crippen LogP contribution is 2.38. The van der Waals surface area contributed by atoms with E-state index >= 15 is 0 Å². The number of aromatic nitrogens is 1. The molecular weight excluding hydrogens is 521 g/mol. The maximum absolute atomic E-state index is 13.5. The fourth-order valence-corrected chi connectivity index (χ4v) is 5.45. The van der Waals surface area contributed by atoms with Crippen LogP contribution in [0.3, 0.4) is 0 Å². The van der Waals surface area contributed by atoms with Gasteiger partial charge in [0.15, 0.2) is 5.11 Å². The van der Waals surface area contributed by atoms with Crippen molar-refractivity contribution in [3.05, 3.63) is 94.0 Å². The molecule has 2 amide bonds. The molecular formula is C26H17Cl2N3O2S2. The number of para-hydroxylation sites is 1. The third-order valence-electron chi connectivity index (χ3n) is 5.59. The lowest BCUT2D eigenvalue weighted by atomic mass is 10.1. The van der Waals surface area contributed by atoms with E-state index in [1.54, 1.807) is 30.3 Å². The van der Waals surface area contributed by atoms with E-state index in [4.69, 9.17) is 35.4 Å². The minimum absolute atomic E-state index is 0.0112. The third-order valence-corrected chi connectivity index (χ3v) is 7.58. The molecule has 0 aliphatic carbocycles. The van der Waals surface area contributed by atoms with E-state index < -0.39 is 11.8 Å². The minimum atomic E-state index is -0.541. The Labute approximate surface area is 221 Å². The van der Waals surface area contributed by atoms with E-state index in [2.05, 4.69) is 5.32 Å². The summed E-state index contributed by atoms with van der Waals surface area (Å²) in [7, 11) is 1.96. The second-order valence-electron chi connectivity index (χ2n) is 7.79. The Bertz CT molecular complexity index is 1530. The van der Waals surface area contributed by atoms with Crippen molar-refractivity contribution in [2.45, 2.75) is 9.92 Å². The highest BCUT2D eigenvalue weighted by Gasteiger charge is 2.35. The van der Waals surface area contributed by atoms with Crippen molar-refractivity contribution >= 4 is 86.8 Å². The third kappa shape index (κ3) is 4.48. The summed E-state index contributed by atoms with van der Waals surface area (Å²) in [5, 5.41) is 5.65. The normalized spacial score (nSPS) is 15.2. The molecule has 4 aromatic rings. The predicted molar refractivity (Wildman–Crippen MR) is 146 cm³/mol. The SMILES string of the molecule is Cn1c(Sc2ccc(Cl)cc2)c(/C=C2\C(=O)NC(=S)N(c3ccc(Cl)cc3)C2=O)c2ccccc21. The summed E-state index contributed by atoms with van der Waals surface area (Å²) >= 11 is 18.9. The Kier molecular flexibility index (Phi) is 6.42. The zero-order valence-corrected chi connectivity index (χ0v) is 21.4. The zero-order valence-electron chi connectivity index (χ0n) is 18.3. The maximum atomic E-state index is 13.5. The van der Waals surface area contributed by atoms with Crippen LogP contribution in [-0.2, 0) is 16.6 Å². The number of fused-ring (bicyclic) bond motifs is 1. The number of carbonyl (C=O) groups excluding carboxylic acids is 2. The van der Waals surface area contributed by atoms with Crippen molar-refractivity contribution in [2.75, 3.05) is 4.90 Å². The van der Waals surface area contributed by atoms with E-state index in [1.165, 1.54) is 16.7 Å². The smallest absolute Gasteiger partial charge is 0.270 e. The van der Waals surface area contributed by atoms with Crippen LogP contribution in [0.15, 0.2) is 88.3 Å². The zero-order chi connectivity index (χ0) is 24.7. The molecule has 9 heteroatoms. The number of hydrogen-bond acceptors (Lipinski definition) is 4. The first-order valence-corrected chi connectivity index (χ1v) is 12.5. The summed E-state index contributed by atoms with van der Waals surface area (Å²) in [4.78, 5) is 28.7. The van der Waals surface area contributed by atoms with Gasteiger partial charge in [-0.3, -0.25) is 19.8 Å². The van der Waals surface area contributed by atoms with Gasteiger partial charge in [-0.15, -0.1) is 0 Å². The second kappa shape index (κ2) is 9.51. The Morgan fingerprint density at radius 2 is 1.54 bits per heavy atom. The Morgan fingerprint density at radius 3 is 2.23 bits per heavy atom. The summed E-state index contributed by atoms with van der Waals surface area (Å²) in [5.41, 5.74) is 2.25. The van der Waals surface area contributed by atoms with Gasteiger partial charge in [-0.05, 0) is 72.9 Å². The molecule has 1 aliphatic rings. The lowest BCUT2D eigenvalue weighted by molar-refractivity contribution is -0.122. The Morgan fingerprint density at radius 1 is 0.914 bits per heavy atom. The summed E-state index contributed by atoms with van der Waals surface area (Å²) in [6.07, 6.45) is 1.64. The number of benzene rings is 3. The van der Waals surface area contributed by atoms with Gasteiger partial charge in [0.05, 0.1) is 10.7 Å². The molecule has 174 valence electrons. The summed E-state index contributed by atoms with van der Waals surface area (Å²) < 4.78 is 2.05. The number of anilines is 1. The van der Waals surface area contributed by atoms with Crippen LogP contribution in [-0.4, -0.2) is 21.5 Å². The van der Waals surface area contributed by atoms with E-state index in [-0.39, 0.29) is 10.7 Å². The van der Waals surface area contributed by atoms with Crippen molar-refractivity contribution in [1.29, 1.82) is 0 Å². The molecule has 0 spiro atoms. The number of thiocarbonyl (C=S) groups is 1. The molecule has 0 atom stereocenters. The average molecular weight is 538 g/mol. The average Bonchev–Trinajstić information content (AvgIpc) is 3.10. The molecule has 0 radical (unpaired) electrons. The van der Waals surface area contributed by atoms with Crippen molar-refractivity contribution < 1.29 is 9.59 Å². The fraction of sp³-hybridized carbons (Fsp3) is 0.0385. The maximum Gasteiger partial charge on any atom is 0.270 e. The lowest BCUT2D eigenvalue weighted by Gasteiger charge is -2.29. The van der Waals surface area contributed by atoms with Gasteiger partial charge in [0.25, 0.3) is 11.8 Å². The molecule has 0 bridgehead atoms.